The average Bonchev–Trinajstić information content (AvgIpc) is 2.67. The fraction of sp³-hybridized carbons (Fsp3) is 0.579. The number of benzene rings is 1. The Morgan fingerprint density at radius 2 is 1.80 bits per heavy atom. The Balaban J connectivity index is 1.61. The van der Waals surface area contributed by atoms with Crippen LogP contribution < -0.4 is 10.2 Å². The van der Waals surface area contributed by atoms with Gasteiger partial charge in [-0.05, 0) is 57.1 Å². The van der Waals surface area contributed by atoms with Crippen molar-refractivity contribution in [3.8, 4) is 0 Å². The van der Waals surface area contributed by atoms with Crippen LogP contribution in [-0.4, -0.2) is 62.7 Å². The minimum atomic E-state index is -0.322. The van der Waals surface area contributed by atoms with Crippen LogP contribution >= 0.6 is 0 Å². The van der Waals surface area contributed by atoms with Gasteiger partial charge in [-0.25, -0.2) is 4.79 Å². The van der Waals surface area contributed by atoms with Gasteiger partial charge in [-0.1, -0.05) is 0 Å². The molecule has 136 valence electrons. The van der Waals surface area contributed by atoms with Crippen molar-refractivity contribution in [3.63, 3.8) is 0 Å². The Hall–Kier alpha value is -2.08. The first kappa shape index (κ1) is 17.7. The van der Waals surface area contributed by atoms with Gasteiger partial charge in [-0.15, -0.1) is 0 Å². The van der Waals surface area contributed by atoms with E-state index in [9.17, 15) is 9.59 Å². The van der Waals surface area contributed by atoms with E-state index >= 15 is 0 Å². The van der Waals surface area contributed by atoms with Crippen LogP contribution in [0.1, 0.15) is 30.1 Å². The van der Waals surface area contributed by atoms with Crippen LogP contribution in [0.2, 0.25) is 0 Å². The van der Waals surface area contributed by atoms with E-state index in [1.54, 1.807) is 12.1 Å². The number of carbonyl (C=O) groups excluding carboxylic acids is 2. The highest BCUT2D eigenvalue weighted by atomic mass is 16.5. The van der Waals surface area contributed by atoms with Crippen molar-refractivity contribution in [1.29, 1.82) is 0 Å². The smallest absolute Gasteiger partial charge is 0.337 e. The molecule has 1 atom stereocenters. The van der Waals surface area contributed by atoms with Crippen LogP contribution in [-0.2, 0) is 9.53 Å². The van der Waals surface area contributed by atoms with Gasteiger partial charge in [0.15, 0.2) is 0 Å². The molecule has 1 aromatic rings. The zero-order valence-electron chi connectivity index (χ0n) is 15.0. The Kier molecular flexibility index (Phi) is 5.58. The highest BCUT2D eigenvalue weighted by molar-refractivity contribution is 5.89. The van der Waals surface area contributed by atoms with E-state index in [0.717, 1.165) is 51.3 Å². The van der Waals surface area contributed by atoms with Gasteiger partial charge in [0, 0.05) is 37.3 Å². The van der Waals surface area contributed by atoms with Gasteiger partial charge in [-0.2, -0.15) is 0 Å². The zero-order valence-corrected chi connectivity index (χ0v) is 15.0. The first-order valence-corrected chi connectivity index (χ1v) is 9.04. The maximum Gasteiger partial charge on any atom is 0.337 e. The van der Waals surface area contributed by atoms with Gasteiger partial charge >= 0.3 is 5.97 Å². The lowest BCUT2D eigenvalue weighted by Gasteiger charge is -2.42. The zero-order chi connectivity index (χ0) is 17.8. The number of methoxy groups -OCH3 is 1. The first-order chi connectivity index (χ1) is 12.1. The van der Waals surface area contributed by atoms with Crippen LogP contribution in [0.5, 0.6) is 0 Å². The van der Waals surface area contributed by atoms with Gasteiger partial charge in [-0.3, -0.25) is 4.79 Å². The molecule has 1 unspecified atom stereocenters. The minimum Gasteiger partial charge on any atom is -0.465 e. The van der Waals surface area contributed by atoms with E-state index in [2.05, 4.69) is 22.0 Å². The fourth-order valence-corrected chi connectivity index (χ4v) is 3.75. The van der Waals surface area contributed by atoms with Crippen LogP contribution in [0.25, 0.3) is 0 Å². The number of hydrogen-bond acceptors (Lipinski definition) is 5. The maximum absolute atomic E-state index is 12.8. The van der Waals surface area contributed by atoms with E-state index in [0.29, 0.717) is 11.5 Å². The van der Waals surface area contributed by atoms with Crippen molar-refractivity contribution in [2.75, 3.05) is 44.7 Å². The van der Waals surface area contributed by atoms with Gasteiger partial charge < -0.3 is 19.9 Å². The predicted octanol–water partition coefficient (Wildman–Crippen LogP) is 1.51. The molecule has 0 saturated carbocycles. The summed E-state index contributed by atoms with van der Waals surface area (Å²) in [7, 11) is 1.39. The van der Waals surface area contributed by atoms with Gasteiger partial charge in [0.05, 0.1) is 12.7 Å². The molecule has 3 rings (SSSR count). The number of carbonyl (C=O) groups is 2. The van der Waals surface area contributed by atoms with Crippen LogP contribution in [0.3, 0.4) is 0 Å². The lowest BCUT2D eigenvalue weighted by molar-refractivity contribution is -0.138. The van der Waals surface area contributed by atoms with E-state index in [4.69, 9.17) is 4.74 Å². The number of anilines is 1. The number of nitrogens with zero attached hydrogens (tertiary/aromatic N) is 2. The highest BCUT2D eigenvalue weighted by Crippen LogP contribution is 2.23. The summed E-state index contributed by atoms with van der Waals surface area (Å²) in [6.45, 7) is 6.39. The molecule has 2 aliphatic heterocycles. The molecule has 6 heteroatoms. The van der Waals surface area contributed by atoms with Gasteiger partial charge in [0.25, 0.3) is 0 Å². The van der Waals surface area contributed by atoms with Gasteiger partial charge in [0.1, 0.15) is 0 Å². The normalized spacial score (nSPS) is 21.9. The Bertz CT molecular complexity index is 611. The molecule has 6 nitrogen and oxygen atoms in total. The summed E-state index contributed by atoms with van der Waals surface area (Å²) in [5.41, 5.74) is 1.63. The molecule has 0 radical (unpaired) electrons. The molecule has 0 bridgehead atoms. The molecule has 1 N–H and O–H groups in total. The summed E-state index contributed by atoms with van der Waals surface area (Å²) >= 11 is 0. The Morgan fingerprint density at radius 1 is 1.12 bits per heavy atom. The largest absolute Gasteiger partial charge is 0.465 e. The second-order valence-electron chi connectivity index (χ2n) is 6.89. The van der Waals surface area contributed by atoms with E-state index in [1.165, 1.54) is 7.11 Å². The monoisotopic (exact) mass is 345 g/mol. The number of amides is 1. The molecule has 1 aromatic carbocycles. The van der Waals surface area contributed by atoms with Crippen molar-refractivity contribution in [3.05, 3.63) is 29.8 Å². The number of esters is 1. The van der Waals surface area contributed by atoms with Crippen molar-refractivity contribution in [1.82, 2.24) is 10.2 Å². The number of piperazine rings is 1. The Labute approximate surface area is 149 Å². The van der Waals surface area contributed by atoms with Gasteiger partial charge in [0.2, 0.25) is 5.91 Å². The third-order valence-corrected chi connectivity index (χ3v) is 5.25. The summed E-state index contributed by atoms with van der Waals surface area (Å²) in [6.07, 6.45) is 1.89. The Morgan fingerprint density at radius 3 is 2.40 bits per heavy atom. The van der Waals surface area contributed by atoms with Crippen LogP contribution in [0.15, 0.2) is 24.3 Å². The van der Waals surface area contributed by atoms with Crippen molar-refractivity contribution in [2.24, 2.45) is 5.92 Å². The lowest BCUT2D eigenvalue weighted by atomic mass is 9.95. The number of nitrogens with one attached hydrogen (secondary N) is 1. The van der Waals surface area contributed by atoms with E-state index in [1.807, 2.05) is 12.1 Å². The summed E-state index contributed by atoms with van der Waals surface area (Å²) in [5, 5.41) is 3.32. The standard InChI is InChI=1S/C19H27N3O3/c1-14-13-21(17-5-3-16(4-6-17)19(24)25-2)11-12-22(14)18(23)15-7-9-20-10-8-15/h3-6,14-15,20H,7-13H2,1-2H3. The first-order valence-electron chi connectivity index (χ1n) is 9.04. The molecular formula is C19H27N3O3. The molecule has 2 heterocycles. The fourth-order valence-electron chi connectivity index (χ4n) is 3.75. The quantitative estimate of drug-likeness (QED) is 0.842. The number of rotatable bonds is 3. The summed E-state index contributed by atoms with van der Waals surface area (Å²) in [4.78, 5) is 28.7. The van der Waals surface area contributed by atoms with E-state index < -0.39 is 0 Å². The SMILES string of the molecule is COC(=O)c1ccc(N2CCN(C(=O)C3CCNCC3)C(C)C2)cc1. The van der Waals surface area contributed by atoms with Crippen molar-refractivity contribution < 1.29 is 14.3 Å². The summed E-state index contributed by atoms with van der Waals surface area (Å²) in [6, 6.07) is 7.67. The molecule has 1 amide bonds. The molecule has 25 heavy (non-hydrogen) atoms. The average molecular weight is 345 g/mol. The molecule has 2 fully saturated rings. The number of ether oxygens (including phenoxy) is 1. The molecule has 0 aliphatic carbocycles. The van der Waals surface area contributed by atoms with Crippen molar-refractivity contribution >= 4 is 17.6 Å². The third kappa shape index (κ3) is 3.95. The molecule has 0 aromatic heterocycles. The van der Waals surface area contributed by atoms with E-state index in [-0.39, 0.29) is 17.9 Å². The third-order valence-electron chi connectivity index (χ3n) is 5.25. The van der Waals surface area contributed by atoms with Crippen LogP contribution in [0, 0.1) is 5.92 Å². The topological polar surface area (TPSA) is 61.9 Å². The van der Waals surface area contributed by atoms with Crippen molar-refractivity contribution in [2.45, 2.75) is 25.8 Å². The molecule has 0 spiro atoms. The second-order valence-corrected chi connectivity index (χ2v) is 6.89. The van der Waals surface area contributed by atoms with Crippen LogP contribution in [0.4, 0.5) is 5.69 Å². The highest BCUT2D eigenvalue weighted by Gasteiger charge is 2.32. The molecular weight excluding hydrogens is 318 g/mol. The molecule has 2 aliphatic rings. The minimum absolute atomic E-state index is 0.176. The summed E-state index contributed by atoms with van der Waals surface area (Å²) < 4.78 is 4.74. The number of hydrogen-bond donors (Lipinski definition) is 1. The summed E-state index contributed by atoms with van der Waals surface area (Å²) in [5.74, 6) is 0.168. The number of piperidine rings is 1. The second kappa shape index (κ2) is 7.87. The lowest BCUT2D eigenvalue weighted by Crippen LogP contribution is -2.56. The predicted molar refractivity (Wildman–Crippen MR) is 96.8 cm³/mol. The molecule has 2 saturated heterocycles. The maximum atomic E-state index is 12.8.